The molecule has 4 nitrogen and oxygen atoms in total. The summed E-state index contributed by atoms with van der Waals surface area (Å²) in [5.41, 5.74) is -0.494. The lowest BCUT2D eigenvalue weighted by molar-refractivity contribution is -0.0826. The van der Waals surface area contributed by atoms with Crippen molar-refractivity contribution in [1.29, 1.82) is 0 Å². The zero-order chi connectivity index (χ0) is 11.8. The van der Waals surface area contributed by atoms with Gasteiger partial charge in [0.1, 0.15) is 0 Å². The van der Waals surface area contributed by atoms with Crippen molar-refractivity contribution in [3.8, 4) is 0 Å². The molecule has 1 aliphatic heterocycles. The molecule has 1 fully saturated rings. The Balaban J connectivity index is 2.06. The molecule has 1 amide bonds. The van der Waals surface area contributed by atoms with Crippen LogP contribution < -0.4 is 0 Å². The van der Waals surface area contributed by atoms with Gasteiger partial charge in [0.2, 0.25) is 5.95 Å². The first-order valence-corrected chi connectivity index (χ1v) is 5.17. The first-order valence-electron chi connectivity index (χ1n) is 5.17. The maximum atomic E-state index is 12.8. The van der Waals surface area contributed by atoms with E-state index < -0.39 is 11.5 Å². The first-order chi connectivity index (χ1) is 7.54. The zero-order valence-electron chi connectivity index (χ0n) is 8.98. The third-order valence-corrected chi connectivity index (χ3v) is 2.89. The third kappa shape index (κ3) is 1.90. The Morgan fingerprint density at radius 2 is 2.38 bits per heavy atom. The molecule has 0 aliphatic carbocycles. The lowest BCUT2D eigenvalue weighted by atomic mass is 9.91. The van der Waals surface area contributed by atoms with Crippen molar-refractivity contribution in [2.75, 3.05) is 13.1 Å². The highest BCUT2D eigenvalue weighted by Crippen LogP contribution is 2.25. The van der Waals surface area contributed by atoms with Crippen LogP contribution in [-0.2, 0) is 0 Å². The normalized spacial score (nSPS) is 18.1. The lowest BCUT2D eigenvalue weighted by Gasteiger charge is -2.46. The predicted octanol–water partition coefficient (Wildman–Crippen LogP) is 0.818. The minimum Gasteiger partial charge on any atom is -0.386 e. The molecule has 16 heavy (non-hydrogen) atoms. The minimum atomic E-state index is -0.763. The zero-order valence-corrected chi connectivity index (χ0v) is 8.98. The van der Waals surface area contributed by atoms with Crippen molar-refractivity contribution in [3.63, 3.8) is 0 Å². The van der Waals surface area contributed by atoms with Crippen LogP contribution >= 0.6 is 0 Å². The van der Waals surface area contributed by atoms with Gasteiger partial charge in [-0.05, 0) is 12.5 Å². The number of carbonyl (C=O) groups is 1. The van der Waals surface area contributed by atoms with Crippen molar-refractivity contribution in [3.05, 3.63) is 29.8 Å². The van der Waals surface area contributed by atoms with Crippen LogP contribution in [0.3, 0.4) is 0 Å². The van der Waals surface area contributed by atoms with E-state index in [-0.39, 0.29) is 11.5 Å². The molecule has 0 bridgehead atoms. The Labute approximate surface area is 92.7 Å². The summed E-state index contributed by atoms with van der Waals surface area (Å²) in [6, 6.07) is 2.57. The number of hydrogen-bond acceptors (Lipinski definition) is 3. The van der Waals surface area contributed by atoms with Crippen LogP contribution in [0.15, 0.2) is 18.3 Å². The molecule has 0 atom stereocenters. The standard InChI is InChI=1S/C11H13FN2O2/c1-2-11(16)6-14(7-11)10(15)8-3-4-13-9(12)5-8/h3-5,16H,2,6-7H2,1H3. The van der Waals surface area contributed by atoms with Crippen LogP contribution in [0, 0.1) is 5.95 Å². The number of rotatable bonds is 2. The molecular formula is C11H13FN2O2. The molecule has 2 rings (SSSR count). The van der Waals surface area contributed by atoms with Crippen LogP contribution in [0.2, 0.25) is 0 Å². The average molecular weight is 224 g/mol. The molecule has 0 radical (unpaired) electrons. The summed E-state index contributed by atoms with van der Waals surface area (Å²) in [6.07, 6.45) is 1.87. The lowest BCUT2D eigenvalue weighted by Crippen LogP contribution is -2.63. The number of aromatic nitrogens is 1. The highest BCUT2D eigenvalue weighted by Gasteiger charge is 2.42. The molecule has 1 aromatic heterocycles. The molecular weight excluding hydrogens is 211 g/mol. The molecule has 1 N–H and O–H groups in total. The fourth-order valence-corrected chi connectivity index (χ4v) is 1.75. The van der Waals surface area contributed by atoms with Gasteiger partial charge in [0, 0.05) is 17.8 Å². The van der Waals surface area contributed by atoms with Crippen molar-refractivity contribution < 1.29 is 14.3 Å². The summed E-state index contributed by atoms with van der Waals surface area (Å²) in [4.78, 5) is 16.7. The SMILES string of the molecule is CCC1(O)CN(C(=O)c2ccnc(F)c2)C1. The van der Waals surface area contributed by atoms with Gasteiger partial charge in [0.15, 0.2) is 0 Å². The number of nitrogens with zero attached hydrogens (tertiary/aromatic N) is 2. The van der Waals surface area contributed by atoms with Gasteiger partial charge in [0.25, 0.3) is 5.91 Å². The summed E-state index contributed by atoms with van der Waals surface area (Å²) < 4.78 is 12.8. The van der Waals surface area contributed by atoms with Crippen LogP contribution in [0.25, 0.3) is 0 Å². The predicted molar refractivity (Wildman–Crippen MR) is 55.3 cm³/mol. The second kappa shape index (κ2) is 3.83. The Kier molecular flexibility index (Phi) is 2.63. The largest absolute Gasteiger partial charge is 0.386 e. The molecule has 0 saturated carbocycles. The smallest absolute Gasteiger partial charge is 0.254 e. The van der Waals surface area contributed by atoms with Crippen molar-refractivity contribution in [1.82, 2.24) is 9.88 Å². The molecule has 0 aromatic carbocycles. The highest BCUT2D eigenvalue weighted by molar-refractivity contribution is 5.94. The number of pyridine rings is 1. The summed E-state index contributed by atoms with van der Waals surface area (Å²) in [6.45, 7) is 2.49. The van der Waals surface area contributed by atoms with E-state index in [2.05, 4.69) is 4.98 Å². The van der Waals surface area contributed by atoms with E-state index in [4.69, 9.17) is 0 Å². The molecule has 86 valence electrons. The van der Waals surface area contributed by atoms with Gasteiger partial charge in [-0.1, -0.05) is 6.92 Å². The Morgan fingerprint density at radius 3 is 2.94 bits per heavy atom. The van der Waals surface area contributed by atoms with Crippen LogP contribution in [-0.4, -0.2) is 39.6 Å². The fraction of sp³-hybridized carbons (Fsp3) is 0.455. The molecule has 0 unspecified atom stereocenters. The number of carbonyl (C=O) groups excluding carboxylic acids is 1. The van der Waals surface area contributed by atoms with Crippen LogP contribution in [0.5, 0.6) is 0 Å². The maximum Gasteiger partial charge on any atom is 0.254 e. The van der Waals surface area contributed by atoms with Gasteiger partial charge in [-0.2, -0.15) is 4.39 Å². The van der Waals surface area contributed by atoms with Gasteiger partial charge >= 0.3 is 0 Å². The summed E-state index contributed by atoms with van der Waals surface area (Å²) in [5.74, 6) is -0.934. The number of likely N-dealkylation sites (tertiary alicyclic amines) is 1. The Bertz CT molecular complexity index is 416. The summed E-state index contributed by atoms with van der Waals surface area (Å²) >= 11 is 0. The molecule has 1 aliphatic rings. The van der Waals surface area contributed by atoms with E-state index in [1.165, 1.54) is 17.2 Å². The van der Waals surface area contributed by atoms with Gasteiger partial charge < -0.3 is 10.0 Å². The maximum absolute atomic E-state index is 12.8. The van der Waals surface area contributed by atoms with E-state index in [1.54, 1.807) is 0 Å². The van der Waals surface area contributed by atoms with Crippen molar-refractivity contribution in [2.45, 2.75) is 18.9 Å². The highest BCUT2D eigenvalue weighted by atomic mass is 19.1. The summed E-state index contributed by atoms with van der Waals surface area (Å²) in [5, 5.41) is 9.76. The average Bonchev–Trinajstić information content (AvgIpc) is 2.24. The number of halogens is 1. The number of hydrogen-bond donors (Lipinski definition) is 1. The molecule has 0 spiro atoms. The Hall–Kier alpha value is -1.49. The second-order valence-corrected chi connectivity index (χ2v) is 4.11. The molecule has 5 heteroatoms. The van der Waals surface area contributed by atoms with E-state index in [1.807, 2.05) is 6.92 Å². The Morgan fingerprint density at radius 1 is 1.69 bits per heavy atom. The topological polar surface area (TPSA) is 53.4 Å². The van der Waals surface area contributed by atoms with Crippen LogP contribution in [0.4, 0.5) is 4.39 Å². The summed E-state index contributed by atoms with van der Waals surface area (Å²) in [7, 11) is 0. The molecule has 1 aromatic rings. The van der Waals surface area contributed by atoms with Crippen molar-refractivity contribution in [2.24, 2.45) is 0 Å². The molecule has 2 heterocycles. The second-order valence-electron chi connectivity index (χ2n) is 4.11. The number of aliphatic hydroxyl groups is 1. The number of amides is 1. The quantitative estimate of drug-likeness (QED) is 0.756. The van der Waals surface area contributed by atoms with E-state index in [0.717, 1.165) is 6.07 Å². The van der Waals surface area contributed by atoms with E-state index >= 15 is 0 Å². The van der Waals surface area contributed by atoms with Gasteiger partial charge in [-0.3, -0.25) is 4.79 Å². The monoisotopic (exact) mass is 224 g/mol. The molecule has 1 saturated heterocycles. The van der Waals surface area contributed by atoms with E-state index in [9.17, 15) is 14.3 Å². The van der Waals surface area contributed by atoms with Crippen molar-refractivity contribution >= 4 is 5.91 Å². The fourth-order valence-electron chi connectivity index (χ4n) is 1.75. The van der Waals surface area contributed by atoms with Gasteiger partial charge in [0.05, 0.1) is 18.7 Å². The van der Waals surface area contributed by atoms with Crippen LogP contribution in [0.1, 0.15) is 23.7 Å². The van der Waals surface area contributed by atoms with E-state index in [0.29, 0.717) is 19.5 Å². The number of β-amino-alcohol motifs (C(OH)–C–C–N with tert-alkyl or cyclic N) is 1. The third-order valence-electron chi connectivity index (χ3n) is 2.89. The van der Waals surface area contributed by atoms with Gasteiger partial charge in [-0.15, -0.1) is 0 Å². The minimum absolute atomic E-state index is 0.264. The van der Waals surface area contributed by atoms with Gasteiger partial charge in [-0.25, -0.2) is 4.98 Å². The first kappa shape index (κ1) is 11.0.